The van der Waals surface area contributed by atoms with Crippen molar-refractivity contribution in [3.8, 4) is 11.5 Å². The smallest absolute Gasteiger partial charge is 0.279 e. The highest BCUT2D eigenvalue weighted by atomic mass is 35.5. The molecule has 7 nitrogen and oxygen atoms in total. The fraction of sp³-hybridized carbons (Fsp3) is 0.300. The van der Waals surface area contributed by atoms with Crippen molar-refractivity contribution in [2.24, 2.45) is 0 Å². The van der Waals surface area contributed by atoms with Gasteiger partial charge >= 0.3 is 0 Å². The number of para-hydroxylation sites is 2. The van der Waals surface area contributed by atoms with E-state index in [1.165, 1.54) is 7.11 Å². The summed E-state index contributed by atoms with van der Waals surface area (Å²) < 4.78 is 10.3. The lowest BCUT2D eigenvalue weighted by atomic mass is 10.3. The van der Waals surface area contributed by atoms with Crippen LogP contribution in [0.25, 0.3) is 0 Å². The van der Waals surface area contributed by atoms with Crippen LogP contribution in [0.5, 0.6) is 11.5 Å². The van der Waals surface area contributed by atoms with Crippen molar-refractivity contribution in [2.75, 3.05) is 44.5 Å². The molecule has 1 atom stereocenters. The number of ether oxygens (including phenoxy) is 2. The number of benzene rings is 2. The molecule has 3 N–H and O–H groups in total. The molecule has 2 aromatic rings. The molecule has 0 aliphatic rings. The molecule has 8 heteroatoms. The number of methoxy groups -OCH3 is 2. The monoisotopic (exact) mass is 406 g/mol. The Labute approximate surface area is 169 Å². The van der Waals surface area contributed by atoms with Crippen LogP contribution < -0.4 is 25.0 Å². The molecular weight excluding hydrogens is 382 g/mol. The van der Waals surface area contributed by atoms with Gasteiger partial charge in [0.25, 0.3) is 11.8 Å². The van der Waals surface area contributed by atoms with Gasteiger partial charge < -0.3 is 25.0 Å². The summed E-state index contributed by atoms with van der Waals surface area (Å²) in [5.74, 6) is 0.723. The van der Waals surface area contributed by atoms with Crippen molar-refractivity contribution in [2.45, 2.75) is 6.92 Å². The Morgan fingerprint density at radius 1 is 0.964 bits per heavy atom. The Morgan fingerprint density at radius 3 is 2.21 bits per heavy atom. The van der Waals surface area contributed by atoms with Gasteiger partial charge in [0, 0.05) is 5.69 Å². The Hall–Kier alpha value is -2.77. The highest BCUT2D eigenvalue weighted by Gasteiger charge is 2.18. The number of rotatable bonds is 9. The third-order valence-corrected chi connectivity index (χ3v) is 4.43. The van der Waals surface area contributed by atoms with Crippen molar-refractivity contribution >= 4 is 34.8 Å². The number of carbonyl (C=O) groups excluding carboxylic acids is 2. The lowest BCUT2D eigenvalue weighted by Gasteiger charge is -2.17. The largest absolute Gasteiger partial charge is 0.495 e. The van der Waals surface area contributed by atoms with E-state index < -0.39 is 0 Å². The van der Waals surface area contributed by atoms with Crippen molar-refractivity contribution in [1.82, 2.24) is 0 Å². The van der Waals surface area contributed by atoms with E-state index in [1.54, 1.807) is 37.4 Å². The van der Waals surface area contributed by atoms with Crippen LogP contribution in [-0.2, 0) is 9.59 Å². The molecule has 0 aliphatic carbocycles. The fourth-order valence-corrected chi connectivity index (χ4v) is 2.92. The van der Waals surface area contributed by atoms with E-state index in [-0.39, 0.29) is 24.9 Å². The van der Waals surface area contributed by atoms with E-state index in [0.717, 1.165) is 4.90 Å². The highest BCUT2D eigenvalue weighted by Crippen LogP contribution is 2.27. The average Bonchev–Trinajstić information content (AvgIpc) is 2.68. The molecule has 2 aromatic carbocycles. The number of nitrogens with one attached hydrogen (secondary N) is 3. The predicted molar refractivity (Wildman–Crippen MR) is 109 cm³/mol. The Balaban J connectivity index is 1.91. The lowest BCUT2D eigenvalue weighted by molar-refractivity contribution is -0.881. The molecule has 0 spiro atoms. The van der Waals surface area contributed by atoms with Crippen molar-refractivity contribution in [3.63, 3.8) is 0 Å². The zero-order valence-electron chi connectivity index (χ0n) is 16.2. The van der Waals surface area contributed by atoms with E-state index in [9.17, 15) is 9.59 Å². The Kier molecular flexibility index (Phi) is 8.10. The summed E-state index contributed by atoms with van der Waals surface area (Å²) in [5.41, 5.74) is 1.17. The molecule has 0 saturated heterocycles. The first-order valence-corrected chi connectivity index (χ1v) is 9.24. The number of anilines is 2. The van der Waals surface area contributed by atoms with Gasteiger partial charge in [-0.15, -0.1) is 0 Å². The molecule has 0 aromatic heterocycles. The third kappa shape index (κ3) is 6.14. The van der Waals surface area contributed by atoms with Crippen LogP contribution >= 0.6 is 11.6 Å². The van der Waals surface area contributed by atoms with Gasteiger partial charge in [-0.05, 0) is 37.3 Å². The quantitative estimate of drug-likeness (QED) is 0.593. The van der Waals surface area contributed by atoms with Gasteiger partial charge in [0.2, 0.25) is 0 Å². The second-order valence-corrected chi connectivity index (χ2v) is 6.51. The summed E-state index contributed by atoms with van der Waals surface area (Å²) in [7, 11) is 3.07. The standard InChI is InChI=1S/C20H24ClN3O4/c1-4-24(13-20(26)23-16-7-5-6-8-18(16)28-3)12-19(25)22-14-9-10-17(27-2)15(21)11-14/h5-11H,4,12-13H2,1-3H3,(H,22,25)(H,23,26)/p+1. The summed E-state index contributed by atoms with van der Waals surface area (Å²) in [6.45, 7) is 2.85. The van der Waals surface area contributed by atoms with Crippen LogP contribution in [0.4, 0.5) is 11.4 Å². The summed E-state index contributed by atoms with van der Waals surface area (Å²) >= 11 is 6.07. The van der Waals surface area contributed by atoms with Gasteiger partial charge in [-0.3, -0.25) is 9.59 Å². The normalized spacial score (nSPS) is 11.4. The zero-order chi connectivity index (χ0) is 20.5. The molecule has 28 heavy (non-hydrogen) atoms. The van der Waals surface area contributed by atoms with Crippen LogP contribution in [0.15, 0.2) is 42.5 Å². The molecule has 0 saturated carbocycles. The van der Waals surface area contributed by atoms with Crippen molar-refractivity contribution < 1.29 is 24.0 Å². The summed E-state index contributed by atoms with van der Waals surface area (Å²) in [6, 6.07) is 12.2. The number of likely N-dealkylation sites (N-methyl/N-ethyl adjacent to an activating group) is 1. The zero-order valence-corrected chi connectivity index (χ0v) is 16.9. The highest BCUT2D eigenvalue weighted by molar-refractivity contribution is 6.32. The molecule has 0 radical (unpaired) electrons. The SMILES string of the molecule is CC[NH+](CC(=O)Nc1ccc(OC)c(Cl)c1)CC(=O)Nc1ccccc1OC. The predicted octanol–water partition coefficient (Wildman–Crippen LogP) is 1.84. The van der Waals surface area contributed by atoms with E-state index in [2.05, 4.69) is 10.6 Å². The fourth-order valence-electron chi connectivity index (χ4n) is 2.66. The molecular formula is C20H25ClN3O4+. The molecule has 150 valence electrons. The topological polar surface area (TPSA) is 81.1 Å². The lowest BCUT2D eigenvalue weighted by Crippen LogP contribution is -3.13. The van der Waals surface area contributed by atoms with Crippen molar-refractivity contribution in [1.29, 1.82) is 0 Å². The molecule has 0 heterocycles. The van der Waals surface area contributed by atoms with Crippen LogP contribution in [-0.4, -0.2) is 45.7 Å². The second kappa shape index (κ2) is 10.5. The number of amides is 2. The number of halogens is 1. The molecule has 0 bridgehead atoms. The van der Waals surface area contributed by atoms with E-state index in [0.29, 0.717) is 34.4 Å². The first-order valence-electron chi connectivity index (χ1n) is 8.86. The van der Waals surface area contributed by atoms with Gasteiger partial charge in [0.05, 0.1) is 31.5 Å². The first kappa shape index (κ1) is 21.5. The maximum atomic E-state index is 12.4. The minimum Gasteiger partial charge on any atom is -0.495 e. The van der Waals surface area contributed by atoms with Gasteiger partial charge in [-0.2, -0.15) is 0 Å². The van der Waals surface area contributed by atoms with Crippen LogP contribution in [0.2, 0.25) is 5.02 Å². The van der Waals surface area contributed by atoms with E-state index in [4.69, 9.17) is 21.1 Å². The summed E-state index contributed by atoms with van der Waals surface area (Å²) in [4.78, 5) is 25.5. The summed E-state index contributed by atoms with van der Waals surface area (Å²) in [5, 5.41) is 6.02. The van der Waals surface area contributed by atoms with Gasteiger partial charge in [-0.25, -0.2) is 0 Å². The summed E-state index contributed by atoms with van der Waals surface area (Å²) in [6.07, 6.45) is 0. The minimum absolute atomic E-state index is 0.152. The average molecular weight is 407 g/mol. The van der Waals surface area contributed by atoms with Crippen LogP contribution in [0.1, 0.15) is 6.92 Å². The van der Waals surface area contributed by atoms with Crippen molar-refractivity contribution in [3.05, 3.63) is 47.5 Å². The first-order chi connectivity index (χ1) is 13.5. The second-order valence-electron chi connectivity index (χ2n) is 6.10. The third-order valence-electron chi connectivity index (χ3n) is 4.14. The van der Waals surface area contributed by atoms with Gasteiger partial charge in [-0.1, -0.05) is 23.7 Å². The number of carbonyl (C=O) groups is 2. The minimum atomic E-state index is -0.205. The molecule has 2 amide bonds. The van der Waals surface area contributed by atoms with Gasteiger partial charge in [0.15, 0.2) is 13.1 Å². The van der Waals surface area contributed by atoms with E-state index >= 15 is 0 Å². The van der Waals surface area contributed by atoms with Crippen LogP contribution in [0.3, 0.4) is 0 Å². The number of quaternary nitrogens is 1. The van der Waals surface area contributed by atoms with Gasteiger partial charge in [0.1, 0.15) is 11.5 Å². The molecule has 2 rings (SSSR count). The number of hydrogen-bond acceptors (Lipinski definition) is 4. The van der Waals surface area contributed by atoms with Crippen LogP contribution in [0, 0.1) is 0 Å². The van der Waals surface area contributed by atoms with E-state index in [1.807, 2.05) is 19.1 Å². The molecule has 1 unspecified atom stereocenters. The maximum Gasteiger partial charge on any atom is 0.279 e. The molecule has 0 aliphatic heterocycles. The Bertz CT molecular complexity index is 829. The molecule has 0 fully saturated rings. The number of hydrogen-bond donors (Lipinski definition) is 3. The maximum absolute atomic E-state index is 12.4. The Morgan fingerprint density at radius 2 is 1.61 bits per heavy atom.